The number of carbonyl (C=O) groups excluding carboxylic acids is 1. The third kappa shape index (κ3) is 4.25. The summed E-state index contributed by atoms with van der Waals surface area (Å²) < 4.78 is 16.5. The number of nitrogens with zero attached hydrogens (tertiary/aromatic N) is 1. The minimum atomic E-state index is -0.162. The zero-order chi connectivity index (χ0) is 17.6. The van der Waals surface area contributed by atoms with Gasteiger partial charge in [-0.05, 0) is 37.0 Å². The summed E-state index contributed by atoms with van der Waals surface area (Å²) in [5.74, 6) is 1.35. The molecule has 3 rings (SSSR count). The zero-order valence-corrected chi connectivity index (χ0v) is 14.9. The molecule has 0 aromatic heterocycles. The van der Waals surface area contributed by atoms with Crippen molar-refractivity contribution < 1.29 is 19.0 Å². The molecule has 6 heteroatoms. The van der Waals surface area contributed by atoms with Gasteiger partial charge >= 0.3 is 6.03 Å². The van der Waals surface area contributed by atoms with Crippen LogP contribution in [0.3, 0.4) is 0 Å². The highest BCUT2D eigenvalue weighted by molar-refractivity contribution is 5.74. The van der Waals surface area contributed by atoms with Gasteiger partial charge in [-0.3, -0.25) is 0 Å². The van der Waals surface area contributed by atoms with E-state index in [1.54, 1.807) is 14.2 Å². The van der Waals surface area contributed by atoms with Crippen LogP contribution >= 0.6 is 0 Å². The van der Waals surface area contributed by atoms with Gasteiger partial charge in [0.05, 0.1) is 27.4 Å². The van der Waals surface area contributed by atoms with Crippen LogP contribution in [0, 0.1) is 0 Å². The number of hydrogen-bond donors (Lipinski definition) is 1. The third-order valence-corrected chi connectivity index (χ3v) is 4.73. The maximum absolute atomic E-state index is 12.4. The van der Waals surface area contributed by atoms with Crippen LogP contribution in [0.2, 0.25) is 0 Å². The van der Waals surface area contributed by atoms with Crippen molar-refractivity contribution in [3.63, 3.8) is 0 Å². The summed E-state index contributed by atoms with van der Waals surface area (Å²) >= 11 is 0. The van der Waals surface area contributed by atoms with Gasteiger partial charge in [0, 0.05) is 13.1 Å². The molecule has 1 aliphatic carbocycles. The van der Waals surface area contributed by atoms with E-state index < -0.39 is 0 Å². The van der Waals surface area contributed by atoms with Gasteiger partial charge in [0.2, 0.25) is 0 Å². The van der Waals surface area contributed by atoms with E-state index in [1.165, 1.54) is 12.0 Å². The van der Waals surface area contributed by atoms with Crippen molar-refractivity contribution in [2.75, 3.05) is 40.5 Å². The van der Waals surface area contributed by atoms with Crippen LogP contribution in [0.1, 0.15) is 30.9 Å². The topological polar surface area (TPSA) is 60.0 Å². The molecule has 1 aromatic carbocycles. The molecule has 25 heavy (non-hydrogen) atoms. The second kappa shape index (κ2) is 8.25. The van der Waals surface area contributed by atoms with Crippen molar-refractivity contribution >= 4 is 6.03 Å². The summed E-state index contributed by atoms with van der Waals surface area (Å²) in [6.07, 6.45) is 5.49. The molecule has 1 unspecified atom stereocenters. The van der Waals surface area contributed by atoms with E-state index in [1.807, 2.05) is 23.1 Å². The van der Waals surface area contributed by atoms with Gasteiger partial charge in [0.25, 0.3) is 0 Å². The van der Waals surface area contributed by atoms with Crippen molar-refractivity contribution in [1.82, 2.24) is 10.2 Å². The molecule has 0 saturated carbocycles. The van der Waals surface area contributed by atoms with Gasteiger partial charge in [-0.2, -0.15) is 0 Å². The first-order valence-corrected chi connectivity index (χ1v) is 8.75. The summed E-state index contributed by atoms with van der Waals surface area (Å²) in [5, 5.41) is 3.03. The molecule has 1 N–H and O–H groups in total. The summed E-state index contributed by atoms with van der Waals surface area (Å²) in [5.41, 5.74) is 2.31. The number of ether oxygens (including phenoxy) is 3. The zero-order valence-electron chi connectivity index (χ0n) is 14.9. The normalized spacial score (nSPS) is 20.2. The van der Waals surface area contributed by atoms with E-state index in [0.29, 0.717) is 37.7 Å². The van der Waals surface area contributed by atoms with Crippen molar-refractivity contribution in [2.45, 2.75) is 25.4 Å². The fourth-order valence-corrected chi connectivity index (χ4v) is 3.29. The lowest BCUT2D eigenvalue weighted by Crippen LogP contribution is -2.47. The minimum absolute atomic E-state index is 0.0263. The molecule has 1 saturated heterocycles. The van der Waals surface area contributed by atoms with Gasteiger partial charge < -0.3 is 24.4 Å². The number of hydrogen-bond acceptors (Lipinski definition) is 4. The van der Waals surface area contributed by atoms with Crippen LogP contribution in [0.5, 0.6) is 11.5 Å². The molecule has 136 valence electrons. The standard InChI is InChI=1S/C19H26N2O4/c1-23-16-8-7-15(11-17(16)24-2)18-13-21(9-10-25-18)19(22)20-12-14-5-3-4-6-14/h5,7-8,11,18H,3-4,6,9-10,12-13H2,1-2H3,(H,20,22). The molecule has 1 aromatic rings. The number of benzene rings is 1. The Morgan fingerprint density at radius 1 is 1.32 bits per heavy atom. The molecule has 2 amide bonds. The molecule has 0 radical (unpaired) electrons. The van der Waals surface area contributed by atoms with Crippen LogP contribution in [-0.2, 0) is 4.74 Å². The Bertz CT molecular complexity index is 644. The maximum atomic E-state index is 12.4. The van der Waals surface area contributed by atoms with Crippen LogP contribution < -0.4 is 14.8 Å². The number of carbonyl (C=O) groups is 1. The minimum Gasteiger partial charge on any atom is -0.493 e. The Hall–Kier alpha value is -2.21. The largest absolute Gasteiger partial charge is 0.493 e. The number of amides is 2. The maximum Gasteiger partial charge on any atom is 0.317 e. The van der Waals surface area contributed by atoms with E-state index in [4.69, 9.17) is 14.2 Å². The highest BCUT2D eigenvalue weighted by Crippen LogP contribution is 2.32. The smallest absolute Gasteiger partial charge is 0.317 e. The van der Waals surface area contributed by atoms with Gasteiger partial charge in [-0.15, -0.1) is 0 Å². The van der Waals surface area contributed by atoms with Crippen molar-refractivity contribution in [3.8, 4) is 11.5 Å². The van der Waals surface area contributed by atoms with Gasteiger partial charge in [0.15, 0.2) is 11.5 Å². The molecule has 6 nitrogen and oxygen atoms in total. The van der Waals surface area contributed by atoms with Crippen molar-refractivity contribution in [3.05, 3.63) is 35.4 Å². The molecule has 1 atom stereocenters. The van der Waals surface area contributed by atoms with E-state index in [2.05, 4.69) is 11.4 Å². The second-order valence-corrected chi connectivity index (χ2v) is 6.33. The second-order valence-electron chi connectivity index (χ2n) is 6.33. The van der Waals surface area contributed by atoms with Gasteiger partial charge in [-0.1, -0.05) is 17.7 Å². The molecule has 1 fully saturated rings. The lowest BCUT2D eigenvalue weighted by molar-refractivity contribution is -0.0154. The molecule has 1 heterocycles. The Kier molecular flexibility index (Phi) is 5.81. The summed E-state index contributed by atoms with van der Waals surface area (Å²) in [6, 6.07) is 5.70. The average Bonchev–Trinajstić information content (AvgIpc) is 3.19. The van der Waals surface area contributed by atoms with Crippen molar-refractivity contribution in [2.24, 2.45) is 0 Å². The van der Waals surface area contributed by atoms with E-state index in [-0.39, 0.29) is 12.1 Å². The number of urea groups is 1. The monoisotopic (exact) mass is 346 g/mol. The summed E-state index contributed by atoms with van der Waals surface area (Å²) in [6.45, 7) is 2.31. The fraction of sp³-hybridized carbons (Fsp3) is 0.526. The number of rotatable bonds is 5. The first-order valence-electron chi connectivity index (χ1n) is 8.75. The number of allylic oxidation sites excluding steroid dienone is 1. The number of methoxy groups -OCH3 is 2. The number of nitrogens with one attached hydrogen (secondary N) is 1. The van der Waals surface area contributed by atoms with E-state index in [9.17, 15) is 4.79 Å². The molecule has 2 aliphatic rings. The highest BCUT2D eigenvalue weighted by atomic mass is 16.5. The van der Waals surface area contributed by atoms with E-state index >= 15 is 0 Å². The summed E-state index contributed by atoms with van der Waals surface area (Å²) in [7, 11) is 3.22. The Balaban J connectivity index is 1.61. The summed E-state index contributed by atoms with van der Waals surface area (Å²) in [4.78, 5) is 14.3. The van der Waals surface area contributed by atoms with Gasteiger partial charge in [-0.25, -0.2) is 4.79 Å². The van der Waals surface area contributed by atoms with Crippen molar-refractivity contribution in [1.29, 1.82) is 0 Å². The van der Waals surface area contributed by atoms with Crippen LogP contribution in [0.15, 0.2) is 29.8 Å². The van der Waals surface area contributed by atoms with Crippen LogP contribution in [0.4, 0.5) is 4.79 Å². The SMILES string of the molecule is COc1ccc(C2CN(C(=O)NCC3=CCCC3)CCO2)cc1OC. The highest BCUT2D eigenvalue weighted by Gasteiger charge is 2.26. The van der Waals surface area contributed by atoms with E-state index in [0.717, 1.165) is 18.4 Å². The predicted octanol–water partition coefficient (Wildman–Crippen LogP) is 2.90. The Labute approximate surface area is 148 Å². The molecule has 1 aliphatic heterocycles. The molecule has 0 bridgehead atoms. The average molecular weight is 346 g/mol. The lowest BCUT2D eigenvalue weighted by Gasteiger charge is -2.33. The molecular formula is C19H26N2O4. The Morgan fingerprint density at radius 3 is 2.88 bits per heavy atom. The van der Waals surface area contributed by atoms with Crippen LogP contribution in [-0.4, -0.2) is 51.4 Å². The fourth-order valence-electron chi connectivity index (χ4n) is 3.29. The number of morpholine rings is 1. The first-order chi connectivity index (χ1) is 12.2. The Morgan fingerprint density at radius 2 is 2.16 bits per heavy atom. The molecular weight excluding hydrogens is 320 g/mol. The van der Waals surface area contributed by atoms with Gasteiger partial charge in [0.1, 0.15) is 6.10 Å². The predicted molar refractivity (Wildman–Crippen MR) is 95.1 cm³/mol. The quantitative estimate of drug-likeness (QED) is 0.833. The van der Waals surface area contributed by atoms with Crippen LogP contribution in [0.25, 0.3) is 0 Å². The molecule has 0 spiro atoms. The third-order valence-electron chi connectivity index (χ3n) is 4.73. The lowest BCUT2D eigenvalue weighted by atomic mass is 10.1. The first kappa shape index (κ1) is 17.6.